The molecule has 0 saturated heterocycles. The van der Waals surface area contributed by atoms with Gasteiger partial charge in [-0.15, -0.1) is 0 Å². The molecule has 0 aliphatic heterocycles. The summed E-state index contributed by atoms with van der Waals surface area (Å²) in [7, 11) is 1.68. The Bertz CT molecular complexity index is 865. The smallest absolute Gasteiger partial charge is 0.325 e. The number of nitrogens with zero attached hydrogens (tertiary/aromatic N) is 1. The van der Waals surface area contributed by atoms with Crippen molar-refractivity contribution >= 4 is 29.2 Å². The topological polar surface area (TPSA) is 89.5 Å². The second-order valence-electron chi connectivity index (χ2n) is 7.05. The van der Waals surface area contributed by atoms with E-state index in [0.717, 1.165) is 31.2 Å². The molecule has 1 aliphatic carbocycles. The Labute approximate surface area is 174 Å². The van der Waals surface area contributed by atoms with Crippen LogP contribution >= 0.6 is 11.6 Å². The number of halogens is 1. The van der Waals surface area contributed by atoms with Crippen molar-refractivity contribution in [3.8, 4) is 11.6 Å². The normalized spacial score (nSPS) is 18.7. The summed E-state index contributed by atoms with van der Waals surface area (Å²) in [6.45, 7) is 1.85. The minimum atomic E-state index is -0.545. The number of benzene rings is 1. The first-order valence-electron chi connectivity index (χ1n) is 9.49. The summed E-state index contributed by atoms with van der Waals surface area (Å²) >= 11 is 5.82. The van der Waals surface area contributed by atoms with Crippen LogP contribution in [0.2, 0.25) is 5.02 Å². The van der Waals surface area contributed by atoms with Gasteiger partial charge in [-0.2, -0.15) is 0 Å². The van der Waals surface area contributed by atoms with E-state index in [9.17, 15) is 9.59 Å². The average Bonchev–Trinajstić information content (AvgIpc) is 2.71. The fraction of sp³-hybridized carbons (Fsp3) is 0.381. The molecule has 1 fully saturated rings. The van der Waals surface area contributed by atoms with E-state index in [1.165, 1.54) is 6.20 Å². The lowest BCUT2D eigenvalue weighted by molar-refractivity contribution is -0.125. The van der Waals surface area contributed by atoms with E-state index in [1.54, 1.807) is 37.4 Å². The molecule has 3 amide bonds. The number of aryl methyl sites for hydroxylation is 1. The first-order valence-corrected chi connectivity index (χ1v) is 9.87. The van der Waals surface area contributed by atoms with Gasteiger partial charge < -0.3 is 14.8 Å². The lowest BCUT2D eigenvalue weighted by Crippen LogP contribution is -2.40. The highest BCUT2D eigenvalue weighted by Gasteiger charge is 2.27. The van der Waals surface area contributed by atoms with E-state index in [1.807, 2.05) is 6.92 Å². The number of nitrogens with one attached hydrogen (secondary N) is 2. The molecule has 2 aromatic rings. The van der Waals surface area contributed by atoms with Gasteiger partial charge in [0, 0.05) is 31.0 Å². The third-order valence-electron chi connectivity index (χ3n) is 4.96. The van der Waals surface area contributed by atoms with Gasteiger partial charge in [-0.1, -0.05) is 11.6 Å². The maximum atomic E-state index is 12.3. The van der Waals surface area contributed by atoms with Crippen molar-refractivity contribution in [2.75, 3.05) is 12.4 Å². The summed E-state index contributed by atoms with van der Waals surface area (Å²) in [6.07, 6.45) is 4.83. The van der Waals surface area contributed by atoms with Crippen molar-refractivity contribution in [1.29, 1.82) is 0 Å². The van der Waals surface area contributed by atoms with Crippen LogP contribution in [-0.4, -0.2) is 30.1 Å². The van der Waals surface area contributed by atoms with Crippen LogP contribution in [0.15, 0.2) is 36.5 Å². The van der Waals surface area contributed by atoms with Gasteiger partial charge in [0.1, 0.15) is 5.75 Å². The van der Waals surface area contributed by atoms with Crippen molar-refractivity contribution in [1.82, 2.24) is 10.3 Å². The lowest BCUT2D eigenvalue weighted by Gasteiger charge is -2.26. The molecule has 1 saturated carbocycles. The van der Waals surface area contributed by atoms with Crippen LogP contribution < -0.4 is 15.4 Å². The van der Waals surface area contributed by atoms with E-state index in [4.69, 9.17) is 21.1 Å². The van der Waals surface area contributed by atoms with E-state index in [0.29, 0.717) is 22.3 Å². The number of hydrogen-bond donors (Lipinski definition) is 2. The van der Waals surface area contributed by atoms with Crippen LogP contribution in [0.4, 0.5) is 10.5 Å². The van der Waals surface area contributed by atoms with Gasteiger partial charge >= 0.3 is 6.03 Å². The SMILES string of the molecule is COC1CCC(C(=O)NC(=O)Nc2ccc(Oc3ccc(Cl)cn3)c(C)c2)CC1. The number of methoxy groups -OCH3 is 1. The molecule has 2 N–H and O–H groups in total. The Kier molecular flexibility index (Phi) is 7.06. The van der Waals surface area contributed by atoms with Gasteiger partial charge in [0.25, 0.3) is 0 Å². The highest BCUT2D eigenvalue weighted by molar-refractivity contribution is 6.30. The van der Waals surface area contributed by atoms with E-state index < -0.39 is 6.03 Å². The molecule has 3 rings (SSSR count). The summed E-state index contributed by atoms with van der Waals surface area (Å²) in [6, 6.07) is 8.02. The Morgan fingerprint density at radius 1 is 1.14 bits per heavy atom. The van der Waals surface area contributed by atoms with Crippen LogP contribution in [-0.2, 0) is 9.53 Å². The molecule has 7 nitrogen and oxygen atoms in total. The highest BCUT2D eigenvalue weighted by atomic mass is 35.5. The number of ether oxygens (including phenoxy) is 2. The standard InChI is InChI=1S/C21H24ClN3O4/c1-13-11-16(6-9-18(13)29-19-10-5-15(22)12-23-19)24-21(27)25-20(26)14-3-7-17(28-2)8-4-14/h5-6,9-12,14,17H,3-4,7-8H2,1-2H3,(H2,24,25,26,27). The first-order chi connectivity index (χ1) is 13.9. The van der Waals surface area contributed by atoms with E-state index in [2.05, 4.69) is 15.6 Å². The zero-order valence-electron chi connectivity index (χ0n) is 16.4. The largest absolute Gasteiger partial charge is 0.439 e. The predicted octanol–water partition coefficient (Wildman–Crippen LogP) is 4.69. The molecule has 1 aromatic heterocycles. The van der Waals surface area contributed by atoms with Gasteiger partial charge in [-0.3, -0.25) is 10.1 Å². The predicted molar refractivity (Wildman–Crippen MR) is 110 cm³/mol. The van der Waals surface area contributed by atoms with Crippen molar-refractivity contribution in [2.24, 2.45) is 5.92 Å². The number of aromatic nitrogens is 1. The molecule has 154 valence electrons. The number of pyridine rings is 1. The summed E-state index contributed by atoms with van der Waals surface area (Å²) < 4.78 is 11.0. The highest BCUT2D eigenvalue weighted by Crippen LogP contribution is 2.27. The molecule has 0 atom stereocenters. The van der Waals surface area contributed by atoms with Crippen molar-refractivity contribution < 1.29 is 19.1 Å². The molecule has 1 aromatic carbocycles. The van der Waals surface area contributed by atoms with Crippen LogP contribution in [0.3, 0.4) is 0 Å². The van der Waals surface area contributed by atoms with Crippen LogP contribution in [0.5, 0.6) is 11.6 Å². The molecule has 0 spiro atoms. The Morgan fingerprint density at radius 2 is 1.90 bits per heavy atom. The fourth-order valence-electron chi connectivity index (χ4n) is 3.31. The number of rotatable bonds is 5. The number of urea groups is 1. The number of carbonyl (C=O) groups is 2. The molecule has 1 heterocycles. The van der Waals surface area contributed by atoms with E-state index >= 15 is 0 Å². The molecule has 1 aliphatic rings. The zero-order valence-corrected chi connectivity index (χ0v) is 17.2. The third-order valence-corrected chi connectivity index (χ3v) is 5.19. The summed E-state index contributed by atoms with van der Waals surface area (Å²) in [5.74, 6) is 0.626. The number of imide groups is 1. The summed E-state index contributed by atoms with van der Waals surface area (Å²) in [4.78, 5) is 28.6. The Balaban J connectivity index is 1.53. The van der Waals surface area contributed by atoms with Gasteiger partial charge in [0.15, 0.2) is 0 Å². The maximum Gasteiger partial charge on any atom is 0.325 e. The summed E-state index contributed by atoms with van der Waals surface area (Å²) in [5, 5.41) is 5.64. The first kappa shape index (κ1) is 21.1. The quantitative estimate of drug-likeness (QED) is 0.736. The van der Waals surface area contributed by atoms with Crippen molar-refractivity contribution in [3.05, 3.63) is 47.1 Å². The van der Waals surface area contributed by atoms with Gasteiger partial charge in [0.05, 0.1) is 11.1 Å². The number of anilines is 1. The molecule has 0 bridgehead atoms. The lowest BCUT2D eigenvalue weighted by atomic mass is 9.87. The summed E-state index contributed by atoms with van der Waals surface area (Å²) in [5.41, 5.74) is 1.37. The maximum absolute atomic E-state index is 12.3. The third kappa shape index (κ3) is 5.92. The van der Waals surface area contributed by atoms with Gasteiger partial charge in [0.2, 0.25) is 11.8 Å². The molecular weight excluding hydrogens is 394 g/mol. The molecule has 0 radical (unpaired) electrons. The van der Waals surface area contributed by atoms with Crippen LogP contribution in [0.1, 0.15) is 31.2 Å². The van der Waals surface area contributed by atoms with Gasteiger partial charge in [-0.25, -0.2) is 9.78 Å². The average molecular weight is 418 g/mol. The number of hydrogen-bond acceptors (Lipinski definition) is 5. The molecule has 8 heteroatoms. The van der Waals surface area contributed by atoms with Crippen molar-refractivity contribution in [2.45, 2.75) is 38.7 Å². The number of amides is 3. The molecule has 0 unspecified atom stereocenters. The molecular formula is C21H24ClN3O4. The second-order valence-corrected chi connectivity index (χ2v) is 7.49. The van der Waals surface area contributed by atoms with Crippen LogP contribution in [0.25, 0.3) is 0 Å². The minimum Gasteiger partial charge on any atom is -0.439 e. The van der Waals surface area contributed by atoms with Gasteiger partial charge in [-0.05, 0) is 62.4 Å². The minimum absolute atomic E-state index is 0.156. The Hall–Kier alpha value is -2.64. The Morgan fingerprint density at radius 3 is 2.52 bits per heavy atom. The number of carbonyl (C=O) groups excluding carboxylic acids is 2. The van der Waals surface area contributed by atoms with Crippen LogP contribution in [0, 0.1) is 12.8 Å². The molecule has 29 heavy (non-hydrogen) atoms. The zero-order chi connectivity index (χ0) is 20.8. The fourth-order valence-corrected chi connectivity index (χ4v) is 3.43. The van der Waals surface area contributed by atoms with Crippen molar-refractivity contribution in [3.63, 3.8) is 0 Å². The van der Waals surface area contributed by atoms with E-state index in [-0.39, 0.29) is 17.9 Å². The second kappa shape index (κ2) is 9.71. The monoisotopic (exact) mass is 417 g/mol.